The zero-order chi connectivity index (χ0) is 17.4. The van der Waals surface area contributed by atoms with Crippen molar-refractivity contribution in [3.05, 3.63) is 35.9 Å². The molecule has 0 fully saturated rings. The summed E-state index contributed by atoms with van der Waals surface area (Å²) in [6, 6.07) is 6.87. The Morgan fingerprint density at radius 1 is 1.00 bits per heavy atom. The second kappa shape index (κ2) is 8.52. The summed E-state index contributed by atoms with van der Waals surface area (Å²) in [4.78, 5) is 45.8. The second-order valence-electron chi connectivity index (χ2n) is 5.08. The molecule has 0 aliphatic rings. The van der Waals surface area contributed by atoms with E-state index in [2.05, 4.69) is 10.6 Å². The molecule has 0 heterocycles. The Balaban J connectivity index is 2.80. The van der Waals surface area contributed by atoms with Crippen molar-refractivity contribution >= 4 is 23.6 Å². The molecule has 0 aliphatic heterocycles. The summed E-state index contributed by atoms with van der Waals surface area (Å²) < 4.78 is 0. The van der Waals surface area contributed by atoms with Crippen LogP contribution in [0.5, 0.6) is 0 Å². The van der Waals surface area contributed by atoms with Crippen LogP contribution in [-0.4, -0.2) is 35.7 Å². The molecule has 0 aliphatic carbocycles. The first kappa shape index (κ1) is 18.1. The summed E-state index contributed by atoms with van der Waals surface area (Å²) in [6.07, 6.45) is -0.173. The summed E-state index contributed by atoms with van der Waals surface area (Å²) >= 11 is 0. The Hall–Kier alpha value is -2.90. The van der Waals surface area contributed by atoms with Crippen LogP contribution in [0.15, 0.2) is 30.3 Å². The Morgan fingerprint density at radius 2 is 1.61 bits per heavy atom. The van der Waals surface area contributed by atoms with Crippen LogP contribution < -0.4 is 22.1 Å². The molecule has 0 spiro atoms. The zero-order valence-corrected chi connectivity index (χ0v) is 12.7. The quantitative estimate of drug-likeness (QED) is 0.466. The van der Waals surface area contributed by atoms with Crippen molar-refractivity contribution in [3.63, 3.8) is 0 Å². The fraction of sp³-hybridized carbons (Fsp3) is 0.333. The molecule has 4 amide bonds. The van der Waals surface area contributed by atoms with Gasteiger partial charge in [-0.3, -0.25) is 19.2 Å². The van der Waals surface area contributed by atoms with Gasteiger partial charge in [0.15, 0.2) is 0 Å². The molecule has 2 unspecified atom stereocenters. The van der Waals surface area contributed by atoms with Gasteiger partial charge in [-0.1, -0.05) is 30.3 Å². The van der Waals surface area contributed by atoms with Gasteiger partial charge in [-0.15, -0.1) is 0 Å². The monoisotopic (exact) mass is 320 g/mol. The van der Waals surface area contributed by atoms with Crippen LogP contribution in [0.1, 0.15) is 18.9 Å². The third kappa shape index (κ3) is 6.60. The van der Waals surface area contributed by atoms with Gasteiger partial charge in [-0.2, -0.15) is 0 Å². The van der Waals surface area contributed by atoms with E-state index in [1.165, 1.54) is 6.92 Å². The highest BCUT2D eigenvalue weighted by Crippen LogP contribution is 2.04. The fourth-order valence-corrected chi connectivity index (χ4v) is 2.00. The van der Waals surface area contributed by atoms with Crippen molar-refractivity contribution < 1.29 is 19.2 Å². The predicted octanol–water partition coefficient (Wildman–Crippen LogP) is -1.42. The Kier molecular flexibility index (Phi) is 6.72. The minimum atomic E-state index is -1.15. The highest BCUT2D eigenvalue weighted by atomic mass is 16.2. The van der Waals surface area contributed by atoms with Gasteiger partial charge in [-0.05, 0) is 5.56 Å². The summed E-state index contributed by atoms with van der Waals surface area (Å²) in [7, 11) is 0. The molecular formula is C15H20N4O4. The van der Waals surface area contributed by atoms with Gasteiger partial charge in [0, 0.05) is 13.3 Å². The average Bonchev–Trinajstić information content (AvgIpc) is 2.45. The lowest BCUT2D eigenvalue weighted by Gasteiger charge is -2.20. The van der Waals surface area contributed by atoms with Crippen molar-refractivity contribution in [1.82, 2.24) is 10.6 Å². The molecular weight excluding hydrogens is 300 g/mol. The number of rotatable bonds is 8. The van der Waals surface area contributed by atoms with Gasteiger partial charge in [0.1, 0.15) is 12.1 Å². The minimum Gasteiger partial charge on any atom is -0.370 e. The molecule has 8 nitrogen and oxygen atoms in total. The highest BCUT2D eigenvalue weighted by Gasteiger charge is 2.26. The molecule has 124 valence electrons. The SMILES string of the molecule is CC(=O)NC(CC(N)=O)C(=O)NC(Cc1ccccc1)C(N)=O. The molecule has 23 heavy (non-hydrogen) atoms. The smallest absolute Gasteiger partial charge is 0.243 e. The Bertz CT molecular complexity index is 572. The summed E-state index contributed by atoms with van der Waals surface area (Å²) in [5, 5.41) is 4.76. The van der Waals surface area contributed by atoms with Gasteiger partial charge in [0.25, 0.3) is 0 Å². The molecule has 0 aromatic heterocycles. The third-order valence-corrected chi connectivity index (χ3v) is 3.04. The first-order valence-corrected chi connectivity index (χ1v) is 6.98. The first-order valence-electron chi connectivity index (χ1n) is 6.98. The van der Waals surface area contributed by atoms with E-state index in [0.29, 0.717) is 0 Å². The van der Waals surface area contributed by atoms with Gasteiger partial charge in [0.05, 0.1) is 6.42 Å². The number of nitrogens with two attached hydrogens (primary N) is 2. The lowest BCUT2D eigenvalue weighted by Crippen LogP contribution is -2.54. The number of hydrogen-bond donors (Lipinski definition) is 4. The number of primary amides is 2. The number of carbonyl (C=O) groups excluding carboxylic acids is 4. The second-order valence-corrected chi connectivity index (χ2v) is 5.08. The van der Waals surface area contributed by atoms with E-state index in [1.807, 2.05) is 6.07 Å². The van der Waals surface area contributed by atoms with Crippen LogP contribution in [0.3, 0.4) is 0 Å². The van der Waals surface area contributed by atoms with Gasteiger partial charge in [0.2, 0.25) is 23.6 Å². The largest absolute Gasteiger partial charge is 0.370 e. The topological polar surface area (TPSA) is 144 Å². The molecule has 2 atom stereocenters. The molecule has 6 N–H and O–H groups in total. The van der Waals surface area contributed by atoms with Crippen molar-refractivity contribution in [2.75, 3.05) is 0 Å². The van der Waals surface area contributed by atoms with E-state index in [0.717, 1.165) is 5.56 Å². The molecule has 0 saturated carbocycles. The number of amides is 4. The molecule has 0 saturated heterocycles. The maximum atomic E-state index is 12.2. The summed E-state index contributed by atoms with van der Waals surface area (Å²) in [6.45, 7) is 1.21. The number of carbonyl (C=O) groups is 4. The standard InChI is InChI=1S/C15H20N4O4/c1-9(20)18-12(8-13(16)21)15(23)19-11(14(17)22)7-10-5-3-2-4-6-10/h2-6,11-12H,7-8H2,1H3,(H2,16,21)(H2,17,22)(H,18,20)(H,19,23). The van der Waals surface area contributed by atoms with E-state index in [-0.39, 0.29) is 12.8 Å². The molecule has 0 radical (unpaired) electrons. The average molecular weight is 320 g/mol. The van der Waals surface area contributed by atoms with E-state index in [1.54, 1.807) is 24.3 Å². The van der Waals surface area contributed by atoms with Crippen LogP contribution in [0.2, 0.25) is 0 Å². The fourth-order valence-electron chi connectivity index (χ4n) is 2.00. The van der Waals surface area contributed by atoms with Crippen molar-refractivity contribution in [2.45, 2.75) is 31.8 Å². The highest BCUT2D eigenvalue weighted by molar-refractivity contribution is 5.94. The molecule has 0 bridgehead atoms. The molecule has 1 rings (SSSR count). The van der Waals surface area contributed by atoms with Crippen LogP contribution in [0, 0.1) is 0 Å². The Labute approximate surface area is 133 Å². The number of hydrogen-bond acceptors (Lipinski definition) is 4. The molecule has 1 aromatic carbocycles. The van der Waals surface area contributed by atoms with Gasteiger partial charge < -0.3 is 22.1 Å². The minimum absolute atomic E-state index is 0.200. The van der Waals surface area contributed by atoms with Crippen LogP contribution in [0.4, 0.5) is 0 Å². The third-order valence-electron chi connectivity index (χ3n) is 3.04. The van der Waals surface area contributed by atoms with Gasteiger partial charge >= 0.3 is 0 Å². The lowest BCUT2D eigenvalue weighted by molar-refractivity contribution is -0.132. The molecule has 8 heteroatoms. The predicted molar refractivity (Wildman–Crippen MR) is 82.7 cm³/mol. The van der Waals surface area contributed by atoms with Crippen molar-refractivity contribution in [3.8, 4) is 0 Å². The maximum absolute atomic E-state index is 12.2. The lowest BCUT2D eigenvalue weighted by atomic mass is 10.0. The van der Waals surface area contributed by atoms with Crippen LogP contribution in [0.25, 0.3) is 0 Å². The van der Waals surface area contributed by atoms with E-state index < -0.39 is 35.7 Å². The van der Waals surface area contributed by atoms with Crippen molar-refractivity contribution in [1.29, 1.82) is 0 Å². The van der Waals surface area contributed by atoms with Crippen molar-refractivity contribution in [2.24, 2.45) is 11.5 Å². The Morgan fingerprint density at radius 3 is 2.09 bits per heavy atom. The normalized spacial score (nSPS) is 12.7. The first-order chi connectivity index (χ1) is 10.8. The van der Waals surface area contributed by atoms with E-state index in [9.17, 15) is 19.2 Å². The van der Waals surface area contributed by atoms with E-state index >= 15 is 0 Å². The molecule has 1 aromatic rings. The van der Waals surface area contributed by atoms with Crippen LogP contribution in [-0.2, 0) is 25.6 Å². The summed E-state index contributed by atoms with van der Waals surface area (Å²) in [5.74, 6) is -2.66. The maximum Gasteiger partial charge on any atom is 0.243 e. The zero-order valence-electron chi connectivity index (χ0n) is 12.7. The van der Waals surface area contributed by atoms with Gasteiger partial charge in [-0.25, -0.2) is 0 Å². The number of benzene rings is 1. The van der Waals surface area contributed by atoms with Crippen LogP contribution >= 0.6 is 0 Å². The summed E-state index contributed by atoms with van der Waals surface area (Å²) in [5.41, 5.74) is 11.2. The number of nitrogens with one attached hydrogen (secondary N) is 2. The van der Waals surface area contributed by atoms with E-state index in [4.69, 9.17) is 11.5 Å².